The van der Waals surface area contributed by atoms with Crippen LogP contribution in [0.2, 0.25) is 0 Å². The van der Waals surface area contributed by atoms with Gasteiger partial charge in [-0.1, -0.05) is 19.8 Å². The summed E-state index contributed by atoms with van der Waals surface area (Å²) in [7, 11) is 1.93. The van der Waals surface area contributed by atoms with Crippen molar-refractivity contribution in [3.8, 4) is 0 Å². The molecule has 0 aromatic heterocycles. The molecular weight excluding hydrogens is 162 g/mol. The van der Waals surface area contributed by atoms with Gasteiger partial charge in [0, 0.05) is 20.0 Å². The number of carbonyl (C=O) groups is 1. The lowest BCUT2D eigenvalue weighted by Gasteiger charge is -2.25. The SMILES string of the molecule is CC(=O)N(C)C1CCC[C@H](C)CC1. The molecule has 76 valence electrons. The summed E-state index contributed by atoms with van der Waals surface area (Å²) in [6.07, 6.45) is 6.28. The molecule has 1 rings (SSSR count). The average Bonchev–Trinajstić information content (AvgIpc) is 2.28. The molecule has 0 N–H and O–H groups in total. The lowest BCUT2D eigenvalue weighted by Crippen LogP contribution is -2.34. The van der Waals surface area contributed by atoms with Gasteiger partial charge in [0.2, 0.25) is 5.91 Å². The van der Waals surface area contributed by atoms with E-state index in [4.69, 9.17) is 0 Å². The van der Waals surface area contributed by atoms with Gasteiger partial charge in [-0.05, 0) is 25.2 Å². The minimum absolute atomic E-state index is 0.208. The van der Waals surface area contributed by atoms with Gasteiger partial charge in [-0.2, -0.15) is 0 Å². The summed E-state index contributed by atoms with van der Waals surface area (Å²) in [6, 6.07) is 0.502. The molecule has 1 amide bonds. The van der Waals surface area contributed by atoms with Crippen molar-refractivity contribution < 1.29 is 4.79 Å². The molecule has 2 nitrogen and oxygen atoms in total. The summed E-state index contributed by atoms with van der Waals surface area (Å²) in [6.45, 7) is 3.98. The molecule has 0 radical (unpaired) electrons. The summed E-state index contributed by atoms with van der Waals surface area (Å²) in [5.74, 6) is 1.06. The molecule has 13 heavy (non-hydrogen) atoms. The van der Waals surface area contributed by atoms with E-state index in [0.717, 1.165) is 5.92 Å². The molecule has 0 aromatic rings. The van der Waals surface area contributed by atoms with Gasteiger partial charge in [0.15, 0.2) is 0 Å². The maximum absolute atomic E-state index is 11.2. The van der Waals surface area contributed by atoms with E-state index in [1.807, 2.05) is 11.9 Å². The predicted molar refractivity (Wildman–Crippen MR) is 54.5 cm³/mol. The Labute approximate surface area is 81.3 Å². The van der Waals surface area contributed by atoms with Crippen LogP contribution in [0.25, 0.3) is 0 Å². The van der Waals surface area contributed by atoms with E-state index >= 15 is 0 Å². The first-order valence-corrected chi connectivity index (χ1v) is 5.34. The third-order valence-electron chi connectivity index (χ3n) is 3.27. The predicted octanol–water partition coefficient (Wildman–Crippen LogP) is 2.43. The van der Waals surface area contributed by atoms with Gasteiger partial charge in [0.1, 0.15) is 0 Å². The fraction of sp³-hybridized carbons (Fsp3) is 0.909. The number of nitrogens with zero attached hydrogens (tertiary/aromatic N) is 1. The van der Waals surface area contributed by atoms with Crippen molar-refractivity contribution in [2.45, 2.75) is 52.0 Å². The smallest absolute Gasteiger partial charge is 0.219 e. The molecule has 0 heterocycles. The number of hydrogen-bond acceptors (Lipinski definition) is 1. The molecule has 1 aliphatic rings. The molecule has 1 fully saturated rings. The standard InChI is InChI=1S/C11H21NO/c1-9-5-4-6-11(8-7-9)12(3)10(2)13/h9,11H,4-8H2,1-3H3/t9-,11?/m0/s1. The molecule has 0 aliphatic heterocycles. The van der Waals surface area contributed by atoms with E-state index in [1.165, 1.54) is 32.1 Å². The minimum Gasteiger partial charge on any atom is -0.343 e. The summed E-state index contributed by atoms with van der Waals surface area (Å²) >= 11 is 0. The van der Waals surface area contributed by atoms with Crippen LogP contribution in [0.15, 0.2) is 0 Å². The molecule has 0 aromatic carbocycles. The molecule has 1 aliphatic carbocycles. The fourth-order valence-corrected chi connectivity index (χ4v) is 2.11. The van der Waals surface area contributed by atoms with Crippen molar-refractivity contribution in [2.75, 3.05) is 7.05 Å². The van der Waals surface area contributed by atoms with Crippen molar-refractivity contribution in [1.29, 1.82) is 0 Å². The minimum atomic E-state index is 0.208. The van der Waals surface area contributed by atoms with E-state index in [2.05, 4.69) is 6.92 Å². The second-order valence-electron chi connectivity index (χ2n) is 4.40. The second kappa shape index (κ2) is 4.64. The Bertz CT molecular complexity index is 179. The van der Waals surface area contributed by atoms with Crippen molar-refractivity contribution >= 4 is 5.91 Å². The Hall–Kier alpha value is -0.530. The normalized spacial score (nSPS) is 29.5. The van der Waals surface area contributed by atoms with Gasteiger partial charge >= 0.3 is 0 Å². The van der Waals surface area contributed by atoms with Crippen LogP contribution in [-0.4, -0.2) is 23.9 Å². The lowest BCUT2D eigenvalue weighted by molar-refractivity contribution is -0.129. The van der Waals surface area contributed by atoms with Gasteiger partial charge in [-0.25, -0.2) is 0 Å². The van der Waals surface area contributed by atoms with E-state index in [0.29, 0.717) is 6.04 Å². The van der Waals surface area contributed by atoms with Crippen molar-refractivity contribution in [3.05, 3.63) is 0 Å². The first kappa shape index (κ1) is 10.6. The number of hydrogen-bond donors (Lipinski definition) is 0. The van der Waals surface area contributed by atoms with Gasteiger partial charge in [0.05, 0.1) is 0 Å². The van der Waals surface area contributed by atoms with Crippen LogP contribution in [0, 0.1) is 5.92 Å². The average molecular weight is 183 g/mol. The Morgan fingerprint density at radius 2 is 1.92 bits per heavy atom. The van der Waals surface area contributed by atoms with E-state index in [-0.39, 0.29) is 5.91 Å². The van der Waals surface area contributed by atoms with Crippen molar-refractivity contribution in [1.82, 2.24) is 4.90 Å². The molecule has 2 atom stereocenters. The highest BCUT2D eigenvalue weighted by Gasteiger charge is 2.20. The fourth-order valence-electron chi connectivity index (χ4n) is 2.11. The third-order valence-corrected chi connectivity index (χ3v) is 3.27. The Morgan fingerprint density at radius 1 is 1.23 bits per heavy atom. The van der Waals surface area contributed by atoms with Crippen molar-refractivity contribution in [3.63, 3.8) is 0 Å². The number of carbonyl (C=O) groups excluding carboxylic acids is 1. The van der Waals surface area contributed by atoms with Gasteiger partial charge < -0.3 is 4.90 Å². The van der Waals surface area contributed by atoms with E-state index in [1.54, 1.807) is 6.92 Å². The van der Waals surface area contributed by atoms with Gasteiger partial charge in [-0.3, -0.25) is 4.79 Å². The highest BCUT2D eigenvalue weighted by Crippen LogP contribution is 2.25. The number of amides is 1. The summed E-state index contributed by atoms with van der Waals surface area (Å²) in [4.78, 5) is 13.1. The molecule has 0 saturated heterocycles. The zero-order valence-corrected chi connectivity index (χ0v) is 9.05. The molecule has 1 unspecified atom stereocenters. The first-order valence-electron chi connectivity index (χ1n) is 5.34. The van der Waals surface area contributed by atoms with Crippen molar-refractivity contribution in [2.24, 2.45) is 5.92 Å². The monoisotopic (exact) mass is 183 g/mol. The highest BCUT2D eigenvalue weighted by atomic mass is 16.2. The number of rotatable bonds is 1. The van der Waals surface area contributed by atoms with E-state index in [9.17, 15) is 4.79 Å². The maximum Gasteiger partial charge on any atom is 0.219 e. The van der Waals surface area contributed by atoms with Crippen LogP contribution in [0.1, 0.15) is 46.0 Å². The maximum atomic E-state index is 11.2. The zero-order valence-electron chi connectivity index (χ0n) is 9.05. The van der Waals surface area contributed by atoms with Gasteiger partial charge in [0.25, 0.3) is 0 Å². The van der Waals surface area contributed by atoms with Crippen LogP contribution < -0.4 is 0 Å². The molecular formula is C11H21NO. The topological polar surface area (TPSA) is 20.3 Å². The van der Waals surface area contributed by atoms with Crippen LogP contribution in [0.4, 0.5) is 0 Å². The lowest BCUT2D eigenvalue weighted by atomic mass is 10.0. The largest absolute Gasteiger partial charge is 0.343 e. The summed E-state index contributed by atoms with van der Waals surface area (Å²) in [5.41, 5.74) is 0. The molecule has 0 spiro atoms. The second-order valence-corrected chi connectivity index (χ2v) is 4.40. The Morgan fingerprint density at radius 3 is 2.54 bits per heavy atom. The highest BCUT2D eigenvalue weighted by molar-refractivity contribution is 5.73. The molecule has 1 saturated carbocycles. The Balaban J connectivity index is 2.46. The quantitative estimate of drug-likeness (QED) is 0.572. The van der Waals surface area contributed by atoms with Crippen LogP contribution in [0.3, 0.4) is 0 Å². The van der Waals surface area contributed by atoms with Crippen LogP contribution >= 0.6 is 0 Å². The summed E-state index contributed by atoms with van der Waals surface area (Å²) < 4.78 is 0. The van der Waals surface area contributed by atoms with Crippen LogP contribution in [0.5, 0.6) is 0 Å². The van der Waals surface area contributed by atoms with Gasteiger partial charge in [-0.15, -0.1) is 0 Å². The first-order chi connectivity index (χ1) is 6.11. The van der Waals surface area contributed by atoms with Crippen LogP contribution in [-0.2, 0) is 4.79 Å². The molecule has 0 bridgehead atoms. The summed E-state index contributed by atoms with van der Waals surface area (Å²) in [5, 5.41) is 0. The van der Waals surface area contributed by atoms with E-state index < -0.39 is 0 Å². The Kier molecular flexibility index (Phi) is 3.76. The molecule has 2 heteroatoms. The third kappa shape index (κ3) is 3.02. The zero-order chi connectivity index (χ0) is 9.84.